The number of nitrogens with zero attached hydrogens (tertiary/aromatic N) is 8. The first-order chi connectivity index (χ1) is 30.2. The average Bonchev–Trinajstić information content (AvgIpc) is 4.08. The second-order valence-corrected chi connectivity index (χ2v) is 19.3. The summed E-state index contributed by atoms with van der Waals surface area (Å²) in [5, 5.41) is 5.22. The van der Waals surface area contributed by atoms with Crippen LogP contribution in [0, 0.1) is 12.5 Å². The third-order valence-electron chi connectivity index (χ3n) is 10.4. The van der Waals surface area contributed by atoms with Gasteiger partial charge in [0.1, 0.15) is 43.0 Å². The van der Waals surface area contributed by atoms with Crippen molar-refractivity contribution in [1.82, 2.24) is 39.0 Å². The number of fused-ring (bicyclic) bond motifs is 4. The SMILES string of the molecule is [C-]#[N+]CCOP1(=S)OC[C@H]2O[C@@H](n3cnc4c(=O)[nH]c(NC(=O)C(C)C)nc43)[C@H](OP(=O)(O)OC[C@@]34CO[C@@H]([C@H](n5cnc6c(NC(=O)c7ccccc7)ncnc65)O3)[C@@H]4O1)[C@H]2F. The van der Waals surface area contributed by atoms with Gasteiger partial charge in [0.2, 0.25) is 18.4 Å². The number of rotatable bonds is 9. The molecule has 0 radical (unpaired) electrons. The van der Waals surface area contributed by atoms with Crippen molar-refractivity contribution >= 4 is 72.3 Å². The number of halogens is 1. The molecule has 9 rings (SSSR count). The van der Waals surface area contributed by atoms with Gasteiger partial charge in [0.25, 0.3) is 11.5 Å². The Morgan fingerprint density at radius 2 is 1.83 bits per heavy atom. The van der Waals surface area contributed by atoms with Crippen molar-refractivity contribution in [2.24, 2.45) is 5.92 Å². The highest BCUT2D eigenvalue weighted by atomic mass is 32.5. The molecule has 28 heteroatoms. The molecule has 4 bridgehead atoms. The molecule has 0 aliphatic carbocycles. The summed E-state index contributed by atoms with van der Waals surface area (Å²) in [7, 11) is -5.28. The molecule has 4 fully saturated rings. The zero-order chi connectivity index (χ0) is 44.3. The van der Waals surface area contributed by atoms with Crippen LogP contribution >= 0.6 is 14.5 Å². The Kier molecular flexibility index (Phi) is 11.6. The molecule has 4 N–H and O–H groups in total. The minimum atomic E-state index is -5.28. The fourth-order valence-electron chi connectivity index (χ4n) is 7.35. The molecule has 4 aromatic heterocycles. The van der Waals surface area contributed by atoms with Crippen LogP contribution in [0.2, 0.25) is 0 Å². The number of imidazole rings is 2. The standard InChI is InChI=1S/C35H36FN11O13P2S/c1-17(2)29(48)44-34-43-28-22(31(50)45-34)41-16-47(28)32-23-20(36)19(57-32)11-55-62(63,54-10-9-37-3)60-25-24-33(58-35(25,12-53-24)13-56-61(51,52)59-23)46-15-40-21-26(38-14-39-27(21)46)42-30(49)18-7-5-4-6-8-18/h4-8,14-17,19-20,23-25,32-33H,9-13H2,1-2H3,(H,51,52)(H,38,39,42,49)(H2,43,44,45,48,50)/t19-,20+,23-,24-,25+,32-,33-,35-,62?/m1/s1. The summed E-state index contributed by atoms with van der Waals surface area (Å²) in [4.78, 5) is 76.8. The van der Waals surface area contributed by atoms with Gasteiger partial charge in [-0.1, -0.05) is 32.0 Å². The predicted molar refractivity (Wildman–Crippen MR) is 216 cm³/mol. The summed E-state index contributed by atoms with van der Waals surface area (Å²) in [5.74, 6) is -1.55. The zero-order valence-corrected chi connectivity index (χ0v) is 35.5. The van der Waals surface area contributed by atoms with Gasteiger partial charge in [0, 0.05) is 11.5 Å². The van der Waals surface area contributed by atoms with Crippen LogP contribution in [0.25, 0.3) is 27.2 Å². The van der Waals surface area contributed by atoms with E-state index in [4.69, 9.17) is 55.2 Å². The van der Waals surface area contributed by atoms with Crippen LogP contribution in [0.5, 0.6) is 0 Å². The second-order valence-electron chi connectivity index (χ2n) is 14.9. The number of carbonyl (C=O) groups is 2. The molecule has 5 aromatic rings. The molecule has 63 heavy (non-hydrogen) atoms. The van der Waals surface area contributed by atoms with Crippen LogP contribution in [0.15, 0.2) is 54.1 Å². The number of ether oxygens (including phenoxy) is 3. The first-order valence-corrected chi connectivity index (χ1v) is 23.2. The number of nitrogens with one attached hydrogen (secondary N) is 3. The van der Waals surface area contributed by atoms with Gasteiger partial charge in [-0.3, -0.25) is 47.4 Å². The molecule has 4 aliphatic rings. The van der Waals surface area contributed by atoms with Crippen LogP contribution in [0.4, 0.5) is 16.2 Å². The van der Waals surface area contributed by atoms with Crippen LogP contribution in [-0.2, 0) is 58.0 Å². The van der Waals surface area contributed by atoms with E-state index in [0.717, 1.165) is 10.9 Å². The van der Waals surface area contributed by atoms with Gasteiger partial charge in [-0.15, -0.1) is 0 Å². The Morgan fingerprint density at radius 3 is 2.59 bits per heavy atom. The molecule has 2 amide bonds. The summed E-state index contributed by atoms with van der Waals surface area (Å²) in [6.07, 6.45) is -7.14. The molecule has 4 aliphatic heterocycles. The molecule has 2 unspecified atom stereocenters. The molecule has 8 heterocycles. The van der Waals surface area contributed by atoms with Gasteiger partial charge < -0.3 is 38.3 Å². The van der Waals surface area contributed by atoms with E-state index < -0.39 is 99.7 Å². The maximum absolute atomic E-state index is 16.6. The Bertz CT molecular complexity index is 2790. The second kappa shape index (κ2) is 16.8. The summed E-state index contributed by atoms with van der Waals surface area (Å²) in [6, 6.07) is 8.45. The van der Waals surface area contributed by atoms with E-state index in [2.05, 4.69) is 45.4 Å². The fourth-order valence-corrected chi connectivity index (χ4v) is 10.4. The normalized spacial score (nSPS) is 31.8. The van der Waals surface area contributed by atoms with Crippen molar-refractivity contribution in [3.05, 3.63) is 76.6 Å². The zero-order valence-electron chi connectivity index (χ0n) is 32.9. The first-order valence-electron chi connectivity index (χ1n) is 19.2. The molecule has 24 nitrogen and oxygen atoms in total. The summed E-state index contributed by atoms with van der Waals surface area (Å²) in [5.41, 5.74) is -2.16. The molecule has 1 aromatic carbocycles. The number of carbonyl (C=O) groups excluding carboxylic acids is 2. The van der Waals surface area contributed by atoms with Crippen molar-refractivity contribution in [1.29, 1.82) is 0 Å². The maximum Gasteiger partial charge on any atom is 0.472 e. The number of hydrogen-bond acceptors (Lipinski definition) is 18. The predicted octanol–water partition coefficient (Wildman–Crippen LogP) is 2.79. The third-order valence-corrected chi connectivity index (χ3v) is 13.7. The van der Waals surface area contributed by atoms with E-state index >= 15 is 4.39 Å². The minimum Gasteiger partial charge on any atom is -0.367 e. The van der Waals surface area contributed by atoms with Crippen molar-refractivity contribution < 1.29 is 60.3 Å². The van der Waals surface area contributed by atoms with Crippen LogP contribution in [0.3, 0.4) is 0 Å². The molecular formula is C35H36FN11O13P2S. The van der Waals surface area contributed by atoms with Crippen LogP contribution in [-0.4, -0.2) is 125 Å². The fraction of sp³-hybridized carbons (Fsp3) is 0.457. The lowest BCUT2D eigenvalue weighted by Crippen LogP contribution is -2.46. The van der Waals surface area contributed by atoms with Crippen molar-refractivity contribution in [2.45, 2.75) is 62.5 Å². The van der Waals surface area contributed by atoms with Gasteiger partial charge in [0.15, 0.2) is 46.8 Å². The van der Waals surface area contributed by atoms with Crippen LogP contribution in [0.1, 0.15) is 36.7 Å². The lowest BCUT2D eigenvalue weighted by molar-refractivity contribution is -0.184. The minimum absolute atomic E-state index is 0.0957. The number of aromatic nitrogens is 8. The van der Waals surface area contributed by atoms with Gasteiger partial charge in [-0.05, 0) is 23.9 Å². The van der Waals surface area contributed by atoms with E-state index in [1.165, 1.54) is 17.2 Å². The number of anilines is 2. The van der Waals surface area contributed by atoms with E-state index in [1.807, 2.05) is 0 Å². The van der Waals surface area contributed by atoms with Gasteiger partial charge in [-0.2, -0.15) is 4.98 Å². The molecule has 0 spiro atoms. The number of phosphoric acid groups is 1. The average molecular weight is 932 g/mol. The van der Waals surface area contributed by atoms with Crippen LogP contribution < -0.4 is 16.2 Å². The number of H-pyrrole nitrogens is 1. The van der Waals surface area contributed by atoms with Crippen molar-refractivity contribution in [2.75, 3.05) is 43.6 Å². The highest BCUT2D eigenvalue weighted by Gasteiger charge is 2.66. The summed E-state index contributed by atoms with van der Waals surface area (Å²) < 4.78 is 81.3. The van der Waals surface area contributed by atoms with Gasteiger partial charge in [-0.25, -0.2) is 35.5 Å². The van der Waals surface area contributed by atoms with E-state index in [0.29, 0.717) is 5.56 Å². The van der Waals surface area contributed by atoms with Crippen molar-refractivity contribution in [3.63, 3.8) is 0 Å². The monoisotopic (exact) mass is 931 g/mol. The Hall–Kier alpha value is -5.00. The first kappa shape index (κ1) is 43.3. The number of benzene rings is 1. The maximum atomic E-state index is 16.6. The van der Waals surface area contributed by atoms with Gasteiger partial charge >= 0.3 is 14.5 Å². The molecule has 4 saturated heterocycles. The number of alkyl halides is 1. The molecule has 332 valence electrons. The smallest absolute Gasteiger partial charge is 0.367 e. The largest absolute Gasteiger partial charge is 0.472 e. The van der Waals surface area contributed by atoms with Gasteiger partial charge in [0.05, 0.1) is 32.5 Å². The van der Waals surface area contributed by atoms with Crippen molar-refractivity contribution in [3.8, 4) is 0 Å². The lowest BCUT2D eigenvalue weighted by atomic mass is 10.0. The Labute approximate surface area is 359 Å². The molecule has 10 atom stereocenters. The molecule has 0 saturated carbocycles. The number of aromatic amines is 1. The Balaban J connectivity index is 1.04. The lowest BCUT2D eigenvalue weighted by Gasteiger charge is -2.33. The highest BCUT2D eigenvalue weighted by Crippen LogP contribution is 2.60. The van der Waals surface area contributed by atoms with E-state index in [1.54, 1.807) is 44.2 Å². The van der Waals surface area contributed by atoms with E-state index in [9.17, 15) is 23.8 Å². The summed E-state index contributed by atoms with van der Waals surface area (Å²) in [6.45, 7) is 4.38. The topological polar surface area (TPSA) is 281 Å². The molecular weight excluding hydrogens is 895 g/mol. The Morgan fingerprint density at radius 1 is 1.06 bits per heavy atom. The number of amides is 2. The quantitative estimate of drug-likeness (QED) is 0.0939. The summed E-state index contributed by atoms with van der Waals surface area (Å²) >= 11 is 5.85. The number of hydrogen-bond donors (Lipinski definition) is 4. The van der Waals surface area contributed by atoms with E-state index in [-0.39, 0.29) is 53.9 Å². The third kappa shape index (κ3) is 8.20. The number of phosphoric ester groups is 1. The highest BCUT2D eigenvalue weighted by molar-refractivity contribution is 8.07.